The highest BCUT2D eigenvalue weighted by molar-refractivity contribution is 7.99. The molecule has 1 amide bonds. The van der Waals surface area contributed by atoms with Crippen LogP contribution in [0.4, 0.5) is 0 Å². The van der Waals surface area contributed by atoms with Gasteiger partial charge >= 0.3 is 0 Å². The molecule has 0 saturated heterocycles. The van der Waals surface area contributed by atoms with Crippen molar-refractivity contribution < 1.29 is 13.6 Å². The summed E-state index contributed by atoms with van der Waals surface area (Å²) >= 11 is 2.74. The molecule has 0 aliphatic rings. The van der Waals surface area contributed by atoms with E-state index >= 15 is 0 Å². The van der Waals surface area contributed by atoms with Gasteiger partial charge in [0, 0.05) is 5.39 Å². The van der Waals surface area contributed by atoms with E-state index in [4.69, 9.17) is 8.83 Å². The average Bonchev–Trinajstić information content (AvgIpc) is 3.39. The van der Waals surface area contributed by atoms with E-state index in [-0.39, 0.29) is 17.7 Å². The Bertz CT molecular complexity index is 990. The van der Waals surface area contributed by atoms with Crippen molar-refractivity contribution >= 4 is 40.0 Å². The first-order valence-electron chi connectivity index (χ1n) is 7.97. The minimum atomic E-state index is -0.222. The molecule has 6 nitrogen and oxygen atoms in total. The average molecular weight is 385 g/mol. The molecule has 1 aromatic carbocycles. The molecule has 4 rings (SSSR count). The number of nitrogens with zero attached hydrogens (tertiary/aromatic N) is 2. The van der Waals surface area contributed by atoms with Crippen LogP contribution in [0.3, 0.4) is 0 Å². The lowest BCUT2D eigenvalue weighted by molar-refractivity contribution is -0.119. The van der Waals surface area contributed by atoms with E-state index < -0.39 is 0 Å². The number of furan rings is 1. The van der Waals surface area contributed by atoms with Crippen molar-refractivity contribution in [2.45, 2.75) is 18.2 Å². The summed E-state index contributed by atoms with van der Waals surface area (Å²) in [5.41, 5.74) is 0.810. The number of fused-ring (bicyclic) bond motifs is 1. The predicted molar refractivity (Wildman–Crippen MR) is 101 cm³/mol. The van der Waals surface area contributed by atoms with E-state index in [1.807, 2.05) is 54.8 Å². The van der Waals surface area contributed by atoms with Crippen LogP contribution in [0.5, 0.6) is 0 Å². The highest BCUT2D eigenvalue weighted by Crippen LogP contribution is 2.27. The third-order valence-electron chi connectivity index (χ3n) is 3.71. The van der Waals surface area contributed by atoms with Crippen LogP contribution < -0.4 is 5.32 Å². The number of rotatable bonds is 6. The van der Waals surface area contributed by atoms with Crippen molar-refractivity contribution in [1.82, 2.24) is 15.5 Å². The number of benzene rings is 1. The Morgan fingerprint density at radius 2 is 2.12 bits per heavy atom. The third kappa shape index (κ3) is 3.66. The van der Waals surface area contributed by atoms with Gasteiger partial charge in [-0.2, -0.15) is 0 Å². The number of hydrogen-bond acceptors (Lipinski definition) is 7. The van der Waals surface area contributed by atoms with Crippen LogP contribution in [-0.4, -0.2) is 21.9 Å². The van der Waals surface area contributed by atoms with Gasteiger partial charge in [0.1, 0.15) is 11.3 Å². The Morgan fingerprint density at radius 3 is 2.92 bits per heavy atom. The lowest BCUT2D eigenvalue weighted by atomic mass is 10.2. The summed E-state index contributed by atoms with van der Waals surface area (Å²) in [4.78, 5) is 13.1. The van der Waals surface area contributed by atoms with Crippen LogP contribution in [0.15, 0.2) is 61.9 Å². The van der Waals surface area contributed by atoms with Crippen LogP contribution in [0.2, 0.25) is 0 Å². The molecule has 0 unspecified atom stereocenters. The molecule has 3 heterocycles. The number of nitrogens with one attached hydrogen (secondary N) is 1. The largest absolute Gasteiger partial charge is 0.459 e. The summed E-state index contributed by atoms with van der Waals surface area (Å²) in [6.45, 7) is 1.89. The van der Waals surface area contributed by atoms with Gasteiger partial charge in [0.2, 0.25) is 5.91 Å². The second-order valence-corrected chi connectivity index (χ2v) is 7.49. The van der Waals surface area contributed by atoms with Crippen LogP contribution >= 0.6 is 23.1 Å². The van der Waals surface area contributed by atoms with Crippen LogP contribution in [-0.2, 0) is 4.79 Å². The van der Waals surface area contributed by atoms with E-state index in [0.29, 0.717) is 11.1 Å². The van der Waals surface area contributed by atoms with Gasteiger partial charge in [-0.25, -0.2) is 0 Å². The number of aromatic nitrogens is 2. The summed E-state index contributed by atoms with van der Waals surface area (Å²) in [6, 6.07) is 13.3. The quantitative estimate of drug-likeness (QED) is 0.492. The molecule has 0 aliphatic carbocycles. The number of amides is 1. The number of carbonyl (C=O) groups is 1. The number of thiophene rings is 1. The molecule has 0 aliphatic heterocycles. The van der Waals surface area contributed by atoms with Gasteiger partial charge < -0.3 is 14.2 Å². The summed E-state index contributed by atoms with van der Waals surface area (Å²) in [7, 11) is 0. The maximum Gasteiger partial charge on any atom is 0.277 e. The zero-order valence-corrected chi connectivity index (χ0v) is 15.5. The molecule has 0 saturated carbocycles. The Labute approximate surface area is 157 Å². The van der Waals surface area contributed by atoms with Gasteiger partial charge in [-0.3, -0.25) is 4.79 Å². The Morgan fingerprint density at radius 1 is 1.23 bits per heavy atom. The van der Waals surface area contributed by atoms with Gasteiger partial charge in [-0.05, 0) is 30.5 Å². The molecule has 26 heavy (non-hydrogen) atoms. The van der Waals surface area contributed by atoms with Gasteiger partial charge in [0.25, 0.3) is 11.1 Å². The molecule has 0 radical (unpaired) electrons. The molecule has 4 aromatic rings. The fourth-order valence-corrected chi connectivity index (χ4v) is 3.68. The molecule has 0 spiro atoms. The predicted octanol–water partition coefficient (Wildman–Crippen LogP) is 4.51. The lowest BCUT2D eigenvalue weighted by Crippen LogP contribution is -2.27. The molecule has 3 aromatic heterocycles. The zero-order chi connectivity index (χ0) is 17.9. The van der Waals surface area contributed by atoms with E-state index in [0.717, 1.165) is 21.6 Å². The van der Waals surface area contributed by atoms with Crippen molar-refractivity contribution in [3.05, 3.63) is 53.6 Å². The molecule has 1 N–H and O–H groups in total. The standard InChI is InChI=1S/C18H15N3O3S2/c1-11(14-9-12-5-2-3-6-13(12)23-14)19-16(22)10-26-18-21-20-17(24-18)15-7-4-8-25-15/h2-9,11H,10H2,1H3,(H,19,22)/t11-/m0/s1. The highest BCUT2D eigenvalue weighted by Gasteiger charge is 2.16. The van der Waals surface area contributed by atoms with Crippen LogP contribution in [0, 0.1) is 0 Å². The SMILES string of the molecule is C[C@H](NC(=O)CSc1nnc(-c2cccs2)o1)c1cc2ccccc2o1. The van der Waals surface area contributed by atoms with E-state index in [1.165, 1.54) is 23.1 Å². The smallest absolute Gasteiger partial charge is 0.277 e. The van der Waals surface area contributed by atoms with Gasteiger partial charge in [-0.1, -0.05) is 36.0 Å². The fourth-order valence-electron chi connectivity index (χ4n) is 2.47. The van der Waals surface area contributed by atoms with Crippen LogP contribution in [0.25, 0.3) is 21.7 Å². The first kappa shape index (κ1) is 16.9. The van der Waals surface area contributed by atoms with Crippen molar-refractivity contribution in [2.24, 2.45) is 0 Å². The molecular formula is C18H15N3O3S2. The molecular weight excluding hydrogens is 370 g/mol. The zero-order valence-electron chi connectivity index (χ0n) is 13.8. The maximum absolute atomic E-state index is 12.2. The monoisotopic (exact) mass is 385 g/mol. The summed E-state index contributed by atoms with van der Waals surface area (Å²) in [5.74, 6) is 1.26. The maximum atomic E-state index is 12.2. The topological polar surface area (TPSA) is 81.2 Å². The number of thioether (sulfide) groups is 1. The van der Waals surface area contributed by atoms with Crippen molar-refractivity contribution in [1.29, 1.82) is 0 Å². The number of para-hydroxylation sites is 1. The Kier molecular flexibility index (Phi) is 4.77. The third-order valence-corrected chi connectivity index (χ3v) is 5.39. The fraction of sp³-hybridized carbons (Fsp3) is 0.167. The molecule has 132 valence electrons. The Balaban J connectivity index is 1.33. The van der Waals surface area contributed by atoms with Crippen molar-refractivity contribution in [3.63, 3.8) is 0 Å². The summed E-state index contributed by atoms with van der Waals surface area (Å²) in [5, 5.41) is 14.2. The molecule has 1 atom stereocenters. The van der Waals surface area contributed by atoms with E-state index in [9.17, 15) is 4.79 Å². The highest BCUT2D eigenvalue weighted by atomic mass is 32.2. The first-order valence-corrected chi connectivity index (χ1v) is 9.83. The summed E-state index contributed by atoms with van der Waals surface area (Å²) < 4.78 is 11.3. The Hall–Kier alpha value is -2.58. The minimum Gasteiger partial charge on any atom is -0.459 e. The van der Waals surface area contributed by atoms with Crippen LogP contribution in [0.1, 0.15) is 18.7 Å². The second kappa shape index (κ2) is 7.35. The molecule has 8 heteroatoms. The minimum absolute atomic E-state index is 0.126. The second-order valence-electron chi connectivity index (χ2n) is 5.61. The first-order chi connectivity index (χ1) is 12.7. The summed E-state index contributed by atoms with van der Waals surface area (Å²) in [6.07, 6.45) is 0. The lowest BCUT2D eigenvalue weighted by Gasteiger charge is -2.10. The van der Waals surface area contributed by atoms with E-state index in [1.54, 1.807) is 0 Å². The normalized spacial score (nSPS) is 12.3. The molecule has 0 bridgehead atoms. The molecule has 0 fully saturated rings. The van der Waals surface area contributed by atoms with Crippen molar-refractivity contribution in [3.8, 4) is 10.8 Å². The van der Waals surface area contributed by atoms with Gasteiger partial charge in [0.15, 0.2) is 0 Å². The van der Waals surface area contributed by atoms with E-state index in [2.05, 4.69) is 15.5 Å². The van der Waals surface area contributed by atoms with Gasteiger partial charge in [-0.15, -0.1) is 21.5 Å². The van der Waals surface area contributed by atoms with Crippen molar-refractivity contribution in [2.75, 3.05) is 5.75 Å². The van der Waals surface area contributed by atoms with Gasteiger partial charge in [0.05, 0.1) is 16.7 Å². The number of carbonyl (C=O) groups excluding carboxylic acids is 1. The number of hydrogen-bond donors (Lipinski definition) is 1.